The Morgan fingerprint density at radius 2 is 2.11 bits per heavy atom. The molecule has 100 valence electrons. The average Bonchev–Trinajstić information content (AvgIpc) is 2.44. The molecule has 2 aromatic rings. The lowest BCUT2D eigenvalue weighted by molar-refractivity contribution is 0.411. The topological polar surface area (TPSA) is 60.2 Å². The van der Waals surface area contributed by atoms with Crippen molar-refractivity contribution in [2.45, 2.75) is 13.0 Å². The minimum absolute atomic E-state index is 0.142. The molecule has 0 fully saturated rings. The van der Waals surface area contributed by atoms with Crippen LogP contribution in [0, 0.1) is 6.92 Å². The zero-order chi connectivity index (χ0) is 13.8. The van der Waals surface area contributed by atoms with Gasteiger partial charge in [0, 0.05) is 10.7 Å². The molecule has 0 aliphatic rings. The summed E-state index contributed by atoms with van der Waals surface area (Å²) in [5, 5.41) is 0. The largest absolute Gasteiger partial charge is 0.495 e. The summed E-state index contributed by atoms with van der Waals surface area (Å²) < 4.78 is 6.20. The summed E-state index contributed by atoms with van der Waals surface area (Å²) in [6, 6.07) is 7.94. The second-order valence-electron chi connectivity index (χ2n) is 4.28. The standard InChI is InChI=1S/C14H16BrN3O/c1-9-3-4-13(15)12(5-9)14(18-16)10-6-11(19-2)8-17-7-10/h3-8,14,18H,16H2,1-2H3. The molecule has 4 nitrogen and oxygen atoms in total. The number of halogens is 1. The maximum Gasteiger partial charge on any atom is 0.137 e. The maximum absolute atomic E-state index is 5.71. The van der Waals surface area contributed by atoms with Crippen LogP contribution in [0.15, 0.2) is 41.1 Å². The summed E-state index contributed by atoms with van der Waals surface area (Å²) in [6.45, 7) is 2.05. The molecule has 0 amide bonds. The van der Waals surface area contributed by atoms with Crippen molar-refractivity contribution in [1.29, 1.82) is 0 Å². The molecule has 1 aromatic heterocycles. The minimum Gasteiger partial charge on any atom is -0.495 e. The predicted molar refractivity (Wildman–Crippen MR) is 78.8 cm³/mol. The first-order valence-electron chi connectivity index (χ1n) is 5.87. The monoisotopic (exact) mass is 321 g/mol. The van der Waals surface area contributed by atoms with E-state index in [4.69, 9.17) is 10.6 Å². The van der Waals surface area contributed by atoms with Crippen LogP contribution < -0.4 is 16.0 Å². The molecule has 0 aliphatic carbocycles. The highest BCUT2D eigenvalue weighted by Gasteiger charge is 2.16. The zero-order valence-electron chi connectivity index (χ0n) is 10.9. The first-order valence-corrected chi connectivity index (χ1v) is 6.66. The van der Waals surface area contributed by atoms with Gasteiger partial charge in [0.1, 0.15) is 5.75 Å². The summed E-state index contributed by atoms with van der Waals surface area (Å²) in [5.74, 6) is 6.42. The fourth-order valence-corrected chi connectivity index (χ4v) is 2.43. The molecule has 1 atom stereocenters. The van der Waals surface area contributed by atoms with Crippen molar-refractivity contribution in [3.8, 4) is 5.75 Å². The highest BCUT2D eigenvalue weighted by atomic mass is 79.9. The van der Waals surface area contributed by atoms with Crippen LogP contribution in [0.2, 0.25) is 0 Å². The van der Waals surface area contributed by atoms with E-state index in [1.54, 1.807) is 19.5 Å². The van der Waals surface area contributed by atoms with E-state index in [0.29, 0.717) is 5.75 Å². The van der Waals surface area contributed by atoms with Gasteiger partial charge in [-0.2, -0.15) is 0 Å². The highest BCUT2D eigenvalue weighted by molar-refractivity contribution is 9.10. The fourth-order valence-electron chi connectivity index (χ4n) is 1.96. The maximum atomic E-state index is 5.71. The average molecular weight is 322 g/mol. The molecule has 1 heterocycles. The number of rotatable bonds is 4. The Hall–Kier alpha value is -1.43. The van der Waals surface area contributed by atoms with E-state index in [-0.39, 0.29) is 6.04 Å². The molecule has 3 N–H and O–H groups in total. The van der Waals surface area contributed by atoms with E-state index in [2.05, 4.69) is 32.4 Å². The van der Waals surface area contributed by atoms with Crippen LogP contribution in [-0.2, 0) is 0 Å². The first-order chi connectivity index (χ1) is 9.15. The quantitative estimate of drug-likeness (QED) is 0.671. The third-order valence-corrected chi connectivity index (χ3v) is 3.65. The van der Waals surface area contributed by atoms with Gasteiger partial charge in [0.25, 0.3) is 0 Å². The molecule has 2 rings (SSSR count). The summed E-state index contributed by atoms with van der Waals surface area (Å²) in [5.41, 5.74) is 6.02. The Kier molecular flexibility index (Phi) is 4.52. The van der Waals surface area contributed by atoms with Crippen molar-refractivity contribution in [2.24, 2.45) is 5.84 Å². The van der Waals surface area contributed by atoms with Gasteiger partial charge in [-0.25, -0.2) is 5.43 Å². The molecule has 1 unspecified atom stereocenters. The number of nitrogens with two attached hydrogens (primary N) is 1. The van der Waals surface area contributed by atoms with Crippen molar-refractivity contribution < 1.29 is 4.74 Å². The summed E-state index contributed by atoms with van der Waals surface area (Å²) in [4.78, 5) is 4.17. The summed E-state index contributed by atoms with van der Waals surface area (Å²) in [7, 11) is 1.62. The molecule has 0 radical (unpaired) electrons. The number of aromatic nitrogens is 1. The molecule has 0 saturated carbocycles. The SMILES string of the molecule is COc1cncc(C(NN)c2cc(C)ccc2Br)c1. The van der Waals surface area contributed by atoms with E-state index in [0.717, 1.165) is 15.6 Å². The van der Waals surface area contributed by atoms with Gasteiger partial charge in [-0.05, 0) is 30.2 Å². The minimum atomic E-state index is -0.142. The molecular formula is C14H16BrN3O. The van der Waals surface area contributed by atoms with Gasteiger partial charge in [-0.3, -0.25) is 10.8 Å². The molecule has 19 heavy (non-hydrogen) atoms. The van der Waals surface area contributed by atoms with Crippen molar-refractivity contribution in [1.82, 2.24) is 10.4 Å². The van der Waals surface area contributed by atoms with Crippen LogP contribution in [0.25, 0.3) is 0 Å². The number of hydrogen-bond donors (Lipinski definition) is 2. The number of pyridine rings is 1. The number of aryl methyl sites for hydroxylation is 1. The molecule has 0 saturated heterocycles. The molecular weight excluding hydrogens is 306 g/mol. The van der Waals surface area contributed by atoms with Crippen LogP contribution >= 0.6 is 15.9 Å². The first kappa shape index (κ1) is 14.0. The van der Waals surface area contributed by atoms with Crippen molar-refractivity contribution in [3.05, 3.63) is 57.8 Å². The number of hydrazine groups is 1. The van der Waals surface area contributed by atoms with Crippen LogP contribution in [0.3, 0.4) is 0 Å². The van der Waals surface area contributed by atoms with Gasteiger partial charge in [0.15, 0.2) is 0 Å². The van der Waals surface area contributed by atoms with E-state index >= 15 is 0 Å². The Morgan fingerprint density at radius 3 is 2.79 bits per heavy atom. The number of nitrogens with zero attached hydrogens (tertiary/aromatic N) is 1. The molecule has 0 aliphatic heterocycles. The lowest BCUT2D eigenvalue weighted by Gasteiger charge is -2.19. The number of ether oxygens (including phenoxy) is 1. The smallest absolute Gasteiger partial charge is 0.137 e. The molecule has 0 spiro atoms. The number of nitrogens with one attached hydrogen (secondary N) is 1. The zero-order valence-corrected chi connectivity index (χ0v) is 12.4. The Morgan fingerprint density at radius 1 is 1.32 bits per heavy atom. The normalized spacial score (nSPS) is 12.2. The number of hydrogen-bond acceptors (Lipinski definition) is 4. The summed E-state index contributed by atoms with van der Waals surface area (Å²) >= 11 is 3.56. The van der Waals surface area contributed by atoms with Crippen LogP contribution in [0.1, 0.15) is 22.7 Å². The van der Waals surface area contributed by atoms with Gasteiger partial charge in [-0.1, -0.05) is 33.6 Å². The van der Waals surface area contributed by atoms with E-state index in [1.807, 2.05) is 25.1 Å². The van der Waals surface area contributed by atoms with Crippen molar-refractivity contribution >= 4 is 15.9 Å². The lowest BCUT2D eigenvalue weighted by Crippen LogP contribution is -2.29. The fraction of sp³-hybridized carbons (Fsp3) is 0.214. The van der Waals surface area contributed by atoms with Gasteiger partial charge < -0.3 is 4.74 Å². The van der Waals surface area contributed by atoms with Gasteiger partial charge in [-0.15, -0.1) is 0 Å². The Balaban J connectivity index is 2.46. The van der Waals surface area contributed by atoms with E-state index in [1.165, 1.54) is 5.56 Å². The second-order valence-corrected chi connectivity index (χ2v) is 5.14. The van der Waals surface area contributed by atoms with Gasteiger partial charge in [0.05, 0.1) is 19.3 Å². The van der Waals surface area contributed by atoms with Crippen LogP contribution in [0.5, 0.6) is 5.75 Å². The van der Waals surface area contributed by atoms with Crippen molar-refractivity contribution in [2.75, 3.05) is 7.11 Å². The van der Waals surface area contributed by atoms with Crippen molar-refractivity contribution in [3.63, 3.8) is 0 Å². The Bertz CT molecular complexity index is 574. The van der Waals surface area contributed by atoms with Gasteiger partial charge >= 0.3 is 0 Å². The molecule has 1 aromatic carbocycles. The van der Waals surface area contributed by atoms with Gasteiger partial charge in [0.2, 0.25) is 0 Å². The molecule has 0 bridgehead atoms. The van der Waals surface area contributed by atoms with E-state index in [9.17, 15) is 0 Å². The molecule has 5 heteroatoms. The Labute approximate surface area is 121 Å². The predicted octanol–water partition coefficient (Wildman–Crippen LogP) is 2.71. The number of methoxy groups -OCH3 is 1. The number of benzene rings is 1. The van der Waals surface area contributed by atoms with Crippen LogP contribution in [0.4, 0.5) is 0 Å². The second kappa shape index (κ2) is 6.14. The highest BCUT2D eigenvalue weighted by Crippen LogP contribution is 2.29. The lowest BCUT2D eigenvalue weighted by atomic mass is 9.99. The summed E-state index contributed by atoms with van der Waals surface area (Å²) in [6.07, 6.45) is 3.45. The third kappa shape index (κ3) is 3.12. The third-order valence-electron chi connectivity index (χ3n) is 2.93. The van der Waals surface area contributed by atoms with Crippen LogP contribution in [-0.4, -0.2) is 12.1 Å². The van der Waals surface area contributed by atoms with E-state index < -0.39 is 0 Å².